The van der Waals surface area contributed by atoms with E-state index in [1.807, 2.05) is 40.8 Å². The van der Waals surface area contributed by atoms with Gasteiger partial charge in [0.15, 0.2) is 0 Å². The number of likely N-dealkylation sites (N-methyl/N-ethyl adjacent to an activating group) is 1. The fraction of sp³-hybridized carbons (Fsp3) is 0.423. The molecule has 5 rings (SSSR count). The number of halogens is 1. The predicted molar refractivity (Wildman–Crippen MR) is 125 cm³/mol. The zero-order chi connectivity index (χ0) is 22.9. The van der Waals surface area contributed by atoms with Crippen LogP contribution in [0.4, 0.5) is 10.1 Å². The Kier molecular flexibility index (Phi) is 5.87. The minimum atomic E-state index is -0.329. The summed E-state index contributed by atoms with van der Waals surface area (Å²) in [4.78, 5) is 34.5. The molecule has 1 saturated heterocycles. The fourth-order valence-electron chi connectivity index (χ4n) is 5.24. The Balaban J connectivity index is 1.43. The van der Waals surface area contributed by atoms with Crippen LogP contribution in [0.2, 0.25) is 0 Å². The highest BCUT2D eigenvalue weighted by Crippen LogP contribution is 2.33. The van der Waals surface area contributed by atoms with Crippen LogP contribution in [0, 0.1) is 5.82 Å². The summed E-state index contributed by atoms with van der Waals surface area (Å²) in [7, 11) is 1.91. The SMILES string of the molecule is CN(C(=O)Cn1c(C2CC(=O)N(c3ccc(F)cc3)C2)nc2ccccc21)C1CCCCC1. The fourth-order valence-corrected chi connectivity index (χ4v) is 5.24. The zero-order valence-electron chi connectivity index (χ0n) is 18.9. The molecule has 7 heteroatoms. The van der Waals surface area contributed by atoms with E-state index in [0.717, 1.165) is 29.7 Å². The first-order valence-electron chi connectivity index (χ1n) is 11.8. The molecular weight excluding hydrogens is 419 g/mol. The molecule has 0 N–H and O–H groups in total. The second-order valence-electron chi connectivity index (χ2n) is 9.22. The maximum atomic E-state index is 13.4. The van der Waals surface area contributed by atoms with Gasteiger partial charge in [-0.3, -0.25) is 9.59 Å². The van der Waals surface area contributed by atoms with Crippen molar-refractivity contribution in [2.45, 2.75) is 57.0 Å². The van der Waals surface area contributed by atoms with Gasteiger partial charge >= 0.3 is 0 Å². The first-order chi connectivity index (χ1) is 16.0. The first-order valence-corrected chi connectivity index (χ1v) is 11.8. The molecular formula is C26H29FN4O2. The Hall–Kier alpha value is -3.22. The van der Waals surface area contributed by atoms with Crippen LogP contribution in [0.15, 0.2) is 48.5 Å². The number of benzene rings is 2. The molecule has 0 spiro atoms. The van der Waals surface area contributed by atoms with Crippen LogP contribution in [0.25, 0.3) is 11.0 Å². The molecule has 1 aromatic heterocycles. The average molecular weight is 449 g/mol. The number of anilines is 1. The number of fused-ring (bicyclic) bond motifs is 1. The van der Waals surface area contributed by atoms with E-state index in [4.69, 9.17) is 4.98 Å². The number of imidazole rings is 1. The monoisotopic (exact) mass is 448 g/mol. The van der Waals surface area contributed by atoms with Gasteiger partial charge in [-0.2, -0.15) is 0 Å². The predicted octanol–water partition coefficient (Wildman–Crippen LogP) is 4.49. The third-order valence-electron chi connectivity index (χ3n) is 7.12. The van der Waals surface area contributed by atoms with Gasteiger partial charge < -0.3 is 14.4 Å². The second-order valence-corrected chi connectivity index (χ2v) is 9.22. The lowest BCUT2D eigenvalue weighted by Crippen LogP contribution is -2.40. The normalized spacial score (nSPS) is 19.4. The summed E-state index contributed by atoms with van der Waals surface area (Å²) in [6.07, 6.45) is 6.02. The molecule has 6 nitrogen and oxygen atoms in total. The molecule has 1 aliphatic carbocycles. The molecule has 0 radical (unpaired) electrons. The summed E-state index contributed by atoms with van der Waals surface area (Å²) in [5.41, 5.74) is 2.42. The number of para-hydroxylation sites is 2. The molecule has 2 aromatic carbocycles. The van der Waals surface area contributed by atoms with Crippen LogP contribution in [-0.4, -0.2) is 45.9 Å². The maximum Gasteiger partial charge on any atom is 0.242 e. The van der Waals surface area contributed by atoms with Crippen LogP contribution in [0.1, 0.15) is 50.3 Å². The molecule has 172 valence electrons. The molecule has 33 heavy (non-hydrogen) atoms. The number of carbonyl (C=O) groups is 2. The standard InChI is InChI=1S/C26H29FN4O2/c1-29(20-7-3-2-4-8-20)25(33)17-31-23-10-6-5-9-22(23)28-26(31)18-15-24(32)30(16-18)21-13-11-19(27)12-14-21/h5-6,9-14,18,20H,2-4,7-8,15-17H2,1H3. The molecule has 2 heterocycles. The summed E-state index contributed by atoms with van der Waals surface area (Å²) >= 11 is 0. The molecule has 1 atom stereocenters. The van der Waals surface area contributed by atoms with E-state index in [-0.39, 0.29) is 30.1 Å². The lowest BCUT2D eigenvalue weighted by atomic mass is 9.94. The van der Waals surface area contributed by atoms with Crippen molar-refractivity contribution < 1.29 is 14.0 Å². The number of rotatable bonds is 5. The summed E-state index contributed by atoms with van der Waals surface area (Å²) in [5.74, 6) is 0.355. The smallest absolute Gasteiger partial charge is 0.242 e. The minimum absolute atomic E-state index is 0.0177. The van der Waals surface area contributed by atoms with Crippen molar-refractivity contribution in [2.75, 3.05) is 18.5 Å². The first kappa shape index (κ1) is 21.6. The molecule has 3 aromatic rings. The van der Waals surface area contributed by atoms with Crippen molar-refractivity contribution in [1.82, 2.24) is 14.5 Å². The Bertz CT molecular complexity index is 1170. The largest absolute Gasteiger partial charge is 0.341 e. The van der Waals surface area contributed by atoms with Gasteiger partial charge in [0.05, 0.1) is 11.0 Å². The van der Waals surface area contributed by atoms with Crippen molar-refractivity contribution in [3.63, 3.8) is 0 Å². The molecule has 0 bridgehead atoms. The van der Waals surface area contributed by atoms with E-state index in [1.165, 1.54) is 31.4 Å². The third kappa shape index (κ3) is 4.24. The van der Waals surface area contributed by atoms with E-state index in [1.54, 1.807) is 17.0 Å². The van der Waals surface area contributed by atoms with Crippen molar-refractivity contribution in [2.24, 2.45) is 0 Å². The van der Waals surface area contributed by atoms with E-state index in [2.05, 4.69) is 0 Å². The van der Waals surface area contributed by atoms with Gasteiger partial charge in [-0.15, -0.1) is 0 Å². The Morgan fingerprint density at radius 3 is 2.58 bits per heavy atom. The zero-order valence-corrected chi connectivity index (χ0v) is 18.9. The number of nitrogens with zero attached hydrogens (tertiary/aromatic N) is 4. The second kappa shape index (κ2) is 8.96. The molecule has 2 aliphatic rings. The summed E-state index contributed by atoms with van der Waals surface area (Å²) < 4.78 is 15.3. The highest BCUT2D eigenvalue weighted by Gasteiger charge is 2.35. The van der Waals surface area contributed by atoms with E-state index < -0.39 is 0 Å². The van der Waals surface area contributed by atoms with Gasteiger partial charge in [0.1, 0.15) is 18.2 Å². The van der Waals surface area contributed by atoms with E-state index in [0.29, 0.717) is 24.7 Å². The van der Waals surface area contributed by atoms with Gasteiger partial charge in [0.2, 0.25) is 11.8 Å². The molecule has 2 amide bonds. The Morgan fingerprint density at radius 2 is 1.82 bits per heavy atom. The number of amides is 2. The van der Waals surface area contributed by atoms with Crippen molar-refractivity contribution in [3.05, 3.63) is 60.2 Å². The van der Waals surface area contributed by atoms with Gasteiger partial charge in [-0.1, -0.05) is 31.4 Å². The Morgan fingerprint density at radius 1 is 1.09 bits per heavy atom. The number of carbonyl (C=O) groups excluding carboxylic acids is 2. The quantitative estimate of drug-likeness (QED) is 0.578. The molecule has 1 unspecified atom stereocenters. The number of aromatic nitrogens is 2. The minimum Gasteiger partial charge on any atom is -0.341 e. The Labute approximate surface area is 193 Å². The summed E-state index contributed by atoms with van der Waals surface area (Å²) in [5, 5.41) is 0. The van der Waals surface area contributed by atoms with E-state index in [9.17, 15) is 14.0 Å². The summed E-state index contributed by atoms with van der Waals surface area (Å²) in [6.45, 7) is 0.671. The van der Waals surface area contributed by atoms with Gasteiger partial charge in [-0.25, -0.2) is 9.37 Å². The van der Waals surface area contributed by atoms with Crippen LogP contribution < -0.4 is 4.90 Å². The van der Waals surface area contributed by atoms with Crippen molar-refractivity contribution >= 4 is 28.5 Å². The van der Waals surface area contributed by atoms with Gasteiger partial charge in [0.25, 0.3) is 0 Å². The van der Waals surface area contributed by atoms with Gasteiger partial charge in [0, 0.05) is 37.7 Å². The van der Waals surface area contributed by atoms with Crippen molar-refractivity contribution in [1.29, 1.82) is 0 Å². The summed E-state index contributed by atoms with van der Waals surface area (Å²) in [6, 6.07) is 14.1. The highest BCUT2D eigenvalue weighted by atomic mass is 19.1. The highest BCUT2D eigenvalue weighted by molar-refractivity contribution is 5.96. The van der Waals surface area contributed by atoms with Crippen LogP contribution in [-0.2, 0) is 16.1 Å². The third-order valence-corrected chi connectivity index (χ3v) is 7.12. The lowest BCUT2D eigenvalue weighted by molar-refractivity contribution is -0.133. The van der Waals surface area contributed by atoms with Gasteiger partial charge in [-0.05, 0) is 49.2 Å². The van der Waals surface area contributed by atoms with E-state index >= 15 is 0 Å². The maximum absolute atomic E-state index is 13.4. The average Bonchev–Trinajstić information content (AvgIpc) is 3.40. The molecule has 1 aliphatic heterocycles. The molecule has 2 fully saturated rings. The lowest BCUT2D eigenvalue weighted by Gasteiger charge is -2.31. The van der Waals surface area contributed by atoms with Crippen LogP contribution in [0.5, 0.6) is 0 Å². The molecule has 1 saturated carbocycles. The number of hydrogen-bond donors (Lipinski definition) is 0. The topological polar surface area (TPSA) is 58.4 Å². The van der Waals surface area contributed by atoms with Crippen molar-refractivity contribution in [3.8, 4) is 0 Å². The van der Waals surface area contributed by atoms with Crippen LogP contribution in [0.3, 0.4) is 0 Å². The number of hydrogen-bond acceptors (Lipinski definition) is 3. The van der Waals surface area contributed by atoms with Crippen LogP contribution >= 0.6 is 0 Å².